The van der Waals surface area contributed by atoms with Gasteiger partial charge in [-0.3, -0.25) is 0 Å². The molecule has 0 spiro atoms. The minimum atomic E-state index is 0.126. The zero-order valence-corrected chi connectivity index (χ0v) is 17.8. The Morgan fingerprint density at radius 2 is 1.70 bits per heavy atom. The molecule has 1 aliphatic carbocycles. The summed E-state index contributed by atoms with van der Waals surface area (Å²) in [5.74, 6) is 0. The van der Waals surface area contributed by atoms with Crippen molar-refractivity contribution in [1.82, 2.24) is 0 Å². The molecule has 1 fully saturated rings. The third-order valence-electron chi connectivity index (χ3n) is 6.43. The summed E-state index contributed by atoms with van der Waals surface area (Å²) in [6.07, 6.45) is 12.0. The van der Waals surface area contributed by atoms with Gasteiger partial charge in [0.15, 0.2) is 11.7 Å². The van der Waals surface area contributed by atoms with E-state index in [2.05, 4.69) is 75.4 Å². The van der Waals surface area contributed by atoms with Gasteiger partial charge in [-0.15, -0.1) is 0 Å². The summed E-state index contributed by atoms with van der Waals surface area (Å²) in [6, 6.07) is 11.4. The number of benzene rings is 1. The minimum Gasteiger partial charge on any atom is -0.188 e. The lowest BCUT2D eigenvalue weighted by Crippen LogP contribution is -2.49. The third-order valence-corrected chi connectivity index (χ3v) is 6.43. The highest BCUT2D eigenvalue weighted by Crippen LogP contribution is 2.48. The van der Waals surface area contributed by atoms with Crippen LogP contribution >= 0.6 is 0 Å². The highest BCUT2D eigenvalue weighted by molar-refractivity contribution is 5.66. The van der Waals surface area contributed by atoms with E-state index in [-0.39, 0.29) is 5.54 Å². The Bertz CT molecular complexity index is 817. The molecule has 0 radical (unpaired) electrons. The van der Waals surface area contributed by atoms with Gasteiger partial charge in [-0.1, -0.05) is 64.8 Å². The summed E-state index contributed by atoms with van der Waals surface area (Å²) in [5, 5.41) is 0. The smallest absolute Gasteiger partial charge is 0.188 e. The van der Waals surface area contributed by atoms with Crippen LogP contribution in [0.15, 0.2) is 48.7 Å². The minimum absolute atomic E-state index is 0.126. The monoisotopic (exact) mass is 362 g/mol. The fourth-order valence-electron chi connectivity index (χ4n) is 4.57. The SMILES string of the molecule is C=C1CC1(CC)[n+]1ccc(CCCCC)c(C)c1-c1ccccc1CCC. The predicted octanol–water partition coefficient (Wildman–Crippen LogP) is 6.70. The third kappa shape index (κ3) is 3.74. The second-order valence-electron chi connectivity index (χ2n) is 8.21. The zero-order chi connectivity index (χ0) is 19.4. The van der Waals surface area contributed by atoms with Gasteiger partial charge in [0.1, 0.15) is 0 Å². The molecule has 1 aliphatic rings. The first kappa shape index (κ1) is 19.9. The van der Waals surface area contributed by atoms with E-state index in [0.29, 0.717) is 0 Å². The molecule has 144 valence electrons. The van der Waals surface area contributed by atoms with E-state index >= 15 is 0 Å². The molecule has 1 atom stereocenters. The molecule has 3 rings (SSSR count). The average molecular weight is 363 g/mol. The molecule has 1 aromatic heterocycles. The molecule has 1 aromatic carbocycles. The molecule has 0 N–H and O–H groups in total. The average Bonchev–Trinajstić information content (AvgIpc) is 3.35. The van der Waals surface area contributed by atoms with E-state index in [1.54, 1.807) is 0 Å². The van der Waals surface area contributed by atoms with Crippen LogP contribution < -0.4 is 4.57 Å². The quantitative estimate of drug-likeness (QED) is 0.265. The van der Waals surface area contributed by atoms with Crippen molar-refractivity contribution in [3.05, 3.63) is 65.4 Å². The number of pyridine rings is 1. The van der Waals surface area contributed by atoms with Crippen molar-refractivity contribution in [1.29, 1.82) is 0 Å². The Hall–Kier alpha value is -1.89. The lowest BCUT2D eigenvalue weighted by molar-refractivity contribution is -0.725. The maximum Gasteiger partial charge on any atom is 0.216 e. The number of unbranched alkanes of at least 4 members (excludes halogenated alkanes) is 2. The second-order valence-corrected chi connectivity index (χ2v) is 8.21. The van der Waals surface area contributed by atoms with Gasteiger partial charge in [-0.2, -0.15) is 4.57 Å². The molecule has 2 aromatic rings. The van der Waals surface area contributed by atoms with Crippen LogP contribution in [0, 0.1) is 6.92 Å². The van der Waals surface area contributed by atoms with Gasteiger partial charge < -0.3 is 0 Å². The first-order valence-electron chi connectivity index (χ1n) is 10.9. The largest absolute Gasteiger partial charge is 0.216 e. The van der Waals surface area contributed by atoms with Crippen LogP contribution in [0.3, 0.4) is 0 Å². The molecular formula is C26H36N+. The van der Waals surface area contributed by atoms with Gasteiger partial charge in [-0.25, -0.2) is 0 Å². The number of allylic oxidation sites excluding steroid dienone is 1. The predicted molar refractivity (Wildman–Crippen MR) is 116 cm³/mol. The molecule has 0 bridgehead atoms. The van der Waals surface area contributed by atoms with Crippen LogP contribution in [0.4, 0.5) is 0 Å². The van der Waals surface area contributed by atoms with Gasteiger partial charge in [0.05, 0.1) is 0 Å². The molecule has 1 nitrogen and oxygen atoms in total. The summed E-state index contributed by atoms with van der Waals surface area (Å²) in [7, 11) is 0. The summed E-state index contributed by atoms with van der Waals surface area (Å²) < 4.78 is 2.56. The van der Waals surface area contributed by atoms with Gasteiger partial charge in [-0.05, 0) is 43.4 Å². The maximum atomic E-state index is 4.35. The van der Waals surface area contributed by atoms with E-state index in [0.717, 1.165) is 19.3 Å². The van der Waals surface area contributed by atoms with E-state index in [1.807, 2.05) is 0 Å². The number of rotatable bonds is 9. The second kappa shape index (κ2) is 8.42. The summed E-state index contributed by atoms with van der Waals surface area (Å²) >= 11 is 0. The molecular weight excluding hydrogens is 326 g/mol. The lowest BCUT2D eigenvalue weighted by atomic mass is 9.92. The first-order valence-corrected chi connectivity index (χ1v) is 10.9. The summed E-state index contributed by atoms with van der Waals surface area (Å²) in [5.41, 5.74) is 8.79. The van der Waals surface area contributed by atoms with E-state index < -0.39 is 0 Å². The van der Waals surface area contributed by atoms with Crippen molar-refractivity contribution in [2.24, 2.45) is 0 Å². The summed E-state index contributed by atoms with van der Waals surface area (Å²) in [6.45, 7) is 13.5. The Morgan fingerprint density at radius 3 is 2.33 bits per heavy atom. The van der Waals surface area contributed by atoms with Crippen LogP contribution in [0.1, 0.15) is 76.0 Å². The Kier molecular flexibility index (Phi) is 6.19. The van der Waals surface area contributed by atoms with Crippen molar-refractivity contribution in [2.75, 3.05) is 0 Å². The Morgan fingerprint density at radius 1 is 0.963 bits per heavy atom. The standard InChI is InChI=1S/C26H36N/c1-6-9-10-14-22-17-18-27(26(8-3)19-20(26)4)25(21(22)5)24-16-12-11-15-23(24)13-7-2/h11-12,15-18H,4,6-10,13-14,19H2,1-3,5H3/q+1. The fourth-order valence-corrected chi connectivity index (χ4v) is 4.57. The van der Waals surface area contributed by atoms with E-state index in [9.17, 15) is 0 Å². The maximum absolute atomic E-state index is 4.35. The van der Waals surface area contributed by atoms with Crippen molar-refractivity contribution < 1.29 is 4.57 Å². The number of nitrogens with zero attached hydrogens (tertiary/aromatic N) is 1. The zero-order valence-electron chi connectivity index (χ0n) is 17.8. The van der Waals surface area contributed by atoms with Crippen LogP contribution in [-0.2, 0) is 18.4 Å². The molecule has 1 heteroatoms. The van der Waals surface area contributed by atoms with E-state index in [4.69, 9.17) is 0 Å². The molecule has 1 heterocycles. The topological polar surface area (TPSA) is 3.88 Å². The van der Waals surface area contributed by atoms with Crippen LogP contribution in [0.25, 0.3) is 11.3 Å². The van der Waals surface area contributed by atoms with Crippen molar-refractivity contribution in [2.45, 2.75) is 84.6 Å². The fraction of sp³-hybridized carbons (Fsp3) is 0.500. The van der Waals surface area contributed by atoms with Gasteiger partial charge >= 0.3 is 0 Å². The van der Waals surface area contributed by atoms with Crippen LogP contribution in [0.2, 0.25) is 0 Å². The highest BCUT2D eigenvalue weighted by Gasteiger charge is 2.57. The highest BCUT2D eigenvalue weighted by atomic mass is 15.1. The molecule has 27 heavy (non-hydrogen) atoms. The number of aryl methyl sites for hydroxylation is 2. The van der Waals surface area contributed by atoms with E-state index in [1.165, 1.54) is 65.6 Å². The van der Waals surface area contributed by atoms with Gasteiger partial charge in [0.25, 0.3) is 0 Å². The number of hydrogen-bond acceptors (Lipinski definition) is 0. The molecule has 1 saturated carbocycles. The normalized spacial score (nSPS) is 18.7. The molecule has 0 saturated heterocycles. The van der Waals surface area contributed by atoms with Crippen molar-refractivity contribution in [3.63, 3.8) is 0 Å². The lowest BCUT2D eigenvalue weighted by Gasteiger charge is -2.18. The van der Waals surface area contributed by atoms with Gasteiger partial charge in [0, 0.05) is 35.6 Å². The number of hydrogen-bond donors (Lipinski definition) is 0. The van der Waals surface area contributed by atoms with Crippen molar-refractivity contribution in [3.8, 4) is 11.3 Å². The van der Waals surface area contributed by atoms with Crippen molar-refractivity contribution >= 4 is 0 Å². The first-order chi connectivity index (χ1) is 13.1. The molecule has 1 unspecified atom stereocenters. The Labute approximate surface area is 166 Å². The molecule has 0 amide bonds. The van der Waals surface area contributed by atoms with Gasteiger partial charge in [0.2, 0.25) is 5.69 Å². The van der Waals surface area contributed by atoms with Crippen LogP contribution in [-0.4, -0.2) is 0 Å². The number of aromatic nitrogens is 1. The van der Waals surface area contributed by atoms with Crippen LogP contribution in [0.5, 0.6) is 0 Å². The Balaban J connectivity index is 2.16. The molecule has 0 aliphatic heterocycles. The summed E-state index contributed by atoms with van der Waals surface area (Å²) in [4.78, 5) is 0.